The fraction of sp³-hybridized carbons (Fsp3) is 0.200. The Bertz CT molecular complexity index is 647. The van der Waals surface area contributed by atoms with Crippen LogP contribution in [0, 0.1) is 0 Å². The fourth-order valence-electron chi connectivity index (χ4n) is 1.71. The lowest BCUT2D eigenvalue weighted by molar-refractivity contribution is 0.102. The minimum absolute atomic E-state index is 0.238. The molecule has 0 bridgehead atoms. The summed E-state index contributed by atoms with van der Waals surface area (Å²) in [6.45, 7) is 2.95. The van der Waals surface area contributed by atoms with Crippen molar-refractivity contribution in [2.75, 3.05) is 17.2 Å². The molecule has 21 heavy (non-hydrogen) atoms. The molecule has 1 aromatic heterocycles. The molecule has 2 rings (SSSR count). The van der Waals surface area contributed by atoms with E-state index >= 15 is 0 Å². The Kier molecular flexibility index (Phi) is 5.76. The first kappa shape index (κ1) is 16.0. The molecule has 0 saturated carbocycles. The van der Waals surface area contributed by atoms with Crippen LogP contribution in [0.25, 0.3) is 0 Å². The van der Waals surface area contributed by atoms with E-state index in [2.05, 4.69) is 54.4 Å². The van der Waals surface area contributed by atoms with E-state index < -0.39 is 0 Å². The topological polar surface area (TPSA) is 54.0 Å². The molecule has 1 heterocycles. The number of nitrogens with zero attached hydrogens (tertiary/aromatic N) is 1. The van der Waals surface area contributed by atoms with E-state index in [0.29, 0.717) is 11.4 Å². The van der Waals surface area contributed by atoms with Crippen LogP contribution >= 0.6 is 31.9 Å². The third kappa shape index (κ3) is 4.54. The molecule has 0 radical (unpaired) electrons. The maximum Gasteiger partial charge on any atom is 0.274 e. The van der Waals surface area contributed by atoms with Gasteiger partial charge >= 0.3 is 0 Å². The second kappa shape index (κ2) is 7.56. The zero-order valence-corrected chi connectivity index (χ0v) is 14.7. The minimum Gasteiger partial charge on any atom is -0.385 e. The molecular weight excluding hydrogens is 398 g/mol. The van der Waals surface area contributed by atoms with Gasteiger partial charge in [-0.15, -0.1) is 0 Å². The monoisotopic (exact) mass is 411 g/mol. The van der Waals surface area contributed by atoms with Crippen molar-refractivity contribution in [1.82, 2.24) is 4.98 Å². The highest BCUT2D eigenvalue weighted by Gasteiger charge is 2.10. The van der Waals surface area contributed by atoms with Crippen molar-refractivity contribution in [2.45, 2.75) is 13.3 Å². The van der Waals surface area contributed by atoms with Gasteiger partial charge in [-0.3, -0.25) is 9.78 Å². The molecular formula is C15H15Br2N3O. The van der Waals surface area contributed by atoms with Gasteiger partial charge in [-0.25, -0.2) is 0 Å². The van der Waals surface area contributed by atoms with Crippen LogP contribution < -0.4 is 10.6 Å². The number of aromatic nitrogens is 1. The van der Waals surface area contributed by atoms with Crippen LogP contribution in [0.1, 0.15) is 23.8 Å². The second-order valence-corrected chi connectivity index (χ2v) is 6.20. The number of anilines is 2. The number of benzene rings is 1. The van der Waals surface area contributed by atoms with E-state index in [1.54, 1.807) is 12.3 Å². The number of pyridine rings is 1. The normalized spacial score (nSPS) is 10.2. The number of carbonyl (C=O) groups excluding carboxylic acids is 1. The third-order valence-electron chi connectivity index (χ3n) is 2.75. The molecule has 1 aromatic carbocycles. The van der Waals surface area contributed by atoms with Gasteiger partial charge in [-0.1, -0.05) is 22.9 Å². The average Bonchev–Trinajstić information content (AvgIpc) is 2.48. The molecule has 0 fully saturated rings. The molecule has 0 saturated heterocycles. The van der Waals surface area contributed by atoms with E-state index in [0.717, 1.165) is 27.6 Å². The lowest BCUT2D eigenvalue weighted by atomic mass is 10.2. The lowest BCUT2D eigenvalue weighted by Gasteiger charge is -2.09. The van der Waals surface area contributed by atoms with Crippen LogP contribution in [-0.4, -0.2) is 17.4 Å². The summed E-state index contributed by atoms with van der Waals surface area (Å²) in [6, 6.07) is 9.17. The standard InChI is InChI=1S/C15H15Br2N3O/c1-2-6-18-11-5-7-19-14(9-11)15(21)20-13-4-3-10(16)8-12(13)17/h3-5,7-9H,2,6H2,1H3,(H,18,19)(H,20,21). The highest BCUT2D eigenvalue weighted by atomic mass is 79.9. The second-order valence-electron chi connectivity index (χ2n) is 4.43. The summed E-state index contributed by atoms with van der Waals surface area (Å²) in [6.07, 6.45) is 2.65. The van der Waals surface area contributed by atoms with Crippen LogP contribution in [0.3, 0.4) is 0 Å². The molecule has 4 nitrogen and oxygen atoms in total. The smallest absolute Gasteiger partial charge is 0.274 e. The fourth-order valence-corrected chi connectivity index (χ4v) is 2.86. The Morgan fingerprint density at radius 1 is 1.24 bits per heavy atom. The highest BCUT2D eigenvalue weighted by Crippen LogP contribution is 2.26. The summed E-state index contributed by atoms with van der Waals surface area (Å²) in [7, 11) is 0. The van der Waals surface area contributed by atoms with E-state index in [1.165, 1.54) is 0 Å². The lowest BCUT2D eigenvalue weighted by Crippen LogP contribution is -2.14. The Hall–Kier alpha value is -1.40. The molecule has 1 amide bonds. The minimum atomic E-state index is -0.238. The van der Waals surface area contributed by atoms with Crippen LogP contribution in [-0.2, 0) is 0 Å². The quantitative estimate of drug-likeness (QED) is 0.749. The third-order valence-corrected chi connectivity index (χ3v) is 3.90. The largest absolute Gasteiger partial charge is 0.385 e. The van der Waals surface area contributed by atoms with Crippen molar-refractivity contribution in [3.63, 3.8) is 0 Å². The SMILES string of the molecule is CCCNc1ccnc(C(=O)Nc2ccc(Br)cc2Br)c1. The van der Waals surface area contributed by atoms with Gasteiger partial charge in [0.25, 0.3) is 5.91 Å². The van der Waals surface area contributed by atoms with Crippen molar-refractivity contribution < 1.29 is 4.79 Å². The number of hydrogen-bond acceptors (Lipinski definition) is 3. The number of nitrogens with one attached hydrogen (secondary N) is 2. The molecule has 2 aromatic rings. The van der Waals surface area contributed by atoms with Crippen molar-refractivity contribution in [3.05, 3.63) is 51.2 Å². The van der Waals surface area contributed by atoms with Crippen molar-refractivity contribution >= 4 is 49.1 Å². The molecule has 0 aliphatic heterocycles. The van der Waals surface area contributed by atoms with Gasteiger partial charge in [-0.2, -0.15) is 0 Å². The summed E-state index contributed by atoms with van der Waals surface area (Å²) >= 11 is 6.80. The molecule has 110 valence electrons. The highest BCUT2D eigenvalue weighted by molar-refractivity contribution is 9.11. The summed E-state index contributed by atoms with van der Waals surface area (Å²) < 4.78 is 1.75. The zero-order chi connectivity index (χ0) is 15.2. The van der Waals surface area contributed by atoms with Crippen LogP contribution in [0.5, 0.6) is 0 Å². The number of hydrogen-bond donors (Lipinski definition) is 2. The predicted molar refractivity (Wildman–Crippen MR) is 92.8 cm³/mol. The zero-order valence-electron chi connectivity index (χ0n) is 11.5. The molecule has 0 atom stereocenters. The first-order valence-electron chi connectivity index (χ1n) is 6.56. The Balaban J connectivity index is 2.12. The predicted octanol–water partition coefficient (Wildman–Crippen LogP) is 4.68. The van der Waals surface area contributed by atoms with Gasteiger partial charge in [-0.05, 0) is 52.7 Å². The number of rotatable bonds is 5. The van der Waals surface area contributed by atoms with Crippen molar-refractivity contribution in [2.24, 2.45) is 0 Å². The number of carbonyl (C=O) groups is 1. The summed E-state index contributed by atoms with van der Waals surface area (Å²) in [5.41, 5.74) is 1.98. The maximum atomic E-state index is 12.2. The van der Waals surface area contributed by atoms with E-state index in [-0.39, 0.29) is 5.91 Å². The Morgan fingerprint density at radius 2 is 2.05 bits per heavy atom. The van der Waals surface area contributed by atoms with Crippen LogP contribution in [0.15, 0.2) is 45.5 Å². The van der Waals surface area contributed by atoms with Gasteiger partial charge in [0.15, 0.2) is 0 Å². The van der Waals surface area contributed by atoms with Gasteiger partial charge in [0.05, 0.1) is 5.69 Å². The van der Waals surface area contributed by atoms with Gasteiger partial charge in [0.2, 0.25) is 0 Å². The average molecular weight is 413 g/mol. The Morgan fingerprint density at radius 3 is 2.76 bits per heavy atom. The van der Waals surface area contributed by atoms with Gasteiger partial charge < -0.3 is 10.6 Å². The van der Waals surface area contributed by atoms with E-state index in [9.17, 15) is 4.79 Å². The molecule has 6 heteroatoms. The van der Waals surface area contributed by atoms with Crippen LogP contribution in [0.2, 0.25) is 0 Å². The molecule has 2 N–H and O–H groups in total. The van der Waals surface area contributed by atoms with E-state index in [1.807, 2.05) is 24.3 Å². The molecule has 0 aliphatic carbocycles. The maximum absolute atomic E-state index is 12.2. The van der Waals surface area contributed by atoms with Crippen molar-refractivity contribution in [3.8, 4) is 0 Å². The molecule has 0 unspecified atom stereocenters. The molecule has 0 spiro atoms. The summed E-state index contributed by atoms with van der Waals surface area (Å²) in [4.78, 5) is 16.4. The Labute approximate surface area is 140 Å². The summed E-state index contributed by atoms with van der Waals surface area (Å²) in [5.74, 6) is -0.238. The first-order valence-corrected chi connectivity index (χ1v) is 8.15. The number of halogens is 2. The van der Waals surface area contributed by atoms with Crippen molar-refractivity contribution in [1.29, 1.82) is 0 Å². The summed E-state index contributed by atoms with van der Waals surface area (Å²) in [5, 5.41) is 6.08. The van der Waals surface area contributed by atoms with Gasteiger partial charge in [0.1, 0.15) is 5.69 Å². The molecule has 0 aliphatic rings. The number of amides is 1. The van der Waals surface area contributed by atoms with E-state index in [4.69, 9.17) is 0 Å². The van der Waals surface area contributed by atoms with Gasteiger partial charge in [0, 0.05) is 27.4 Å². The first-order chi connectivity index (χ1) is 10.1. The van der Waals surface area contributed by atoms with Crippen LogP contribution in [0.4, 0.5) is 11.4 Å².